The van der Waals surface area contributed by atoms with E-state index in [1.54, 1.807) is 12.3 Å². The molecule has 176 valence electrons. The first-order valence-corrected chi connectivity index (χ1v) is 11.2. The number of hydrogen-bond donors (Lipinski definition) is 3. The Morgan fingerprint density at radius 1 is 1.18 bits per heavy atom. The molecule has 2 fully saturated rings. The summed E-state index contributed by atoms with van der Waals surface area (Å²) in [6.45, 7) is 1.92. The zero-order valence-electron chi connectivity index (χ0n) is 18.1. The number of aliphatic hydroxyl groups excluding tert-OH is 1. The Morgan fingerprint density at radius 3 is 2.79 bits per heavy atom. The third-order valence-electron chi connectivity index (χ3n) is 6.55. The summed E-state index contributed by atoms with van der Waals surface area (Å²) in [5.41, 5.74) is 1.41. The number of hydrogen-bond acceptors (Lipinski definition) is 7. The number of halogens is 3. The average molecular weight is 469 g/mol. The topological polar surface area (TPSA) is 103 Å². The third kappa shape index (κ3) is 3.55. The van der Waals surface area contributed by atoms with Crippen LogP contribution in [0.1, 0.15) is 30.0 Å². The van der Waals surface area contributed by atoms with E-state index in [0.717, 1.165) is 36.4 Å². The van der Waals surface area contributed by atoms with Crippen molar-refractivity contribution in [2.24, 2.45) is 0 Å². The number of fused-ring (bicyclic) bond motifs is 2. The highest BCUT2D eigenvalue weighted by Gasteiger charge is 2.34. The maximum Gasteiger partial charge on any atom is 0.431 e. The smallest absolute Gasteiger partial charge is 0.394 e. The van der Waals surface area contributed by atoms with Crippen molar-refractivity contribution in [3.8, 4) is 11.4 Å². The number of nitrogens with zero attached hydrogens (tertiary/aromatic N) is 5. The summed E-state index contributed by atoms with van der Waals surface area (Å²) < 4.78 is 40.0. The number of H-pyrrole nitrogens is 1. The van der Waals surface area contributed by atoms with Gasteiger partial charge in [-0.05, 0) is 36.5 Å². The van der Waals surface area contributed by atoms with Crippen LogP contribution in [0.4, 0.5) is 19.0 Å². The molecule has 6 rings (SSSR count). The van der Waals surface area contributed by atoms with Gasteiger partial charge in [0, 0.05) is 48.4 Å². The molecule has 0 radical (unpaired) electrons. The molecule has 3 N–H and O–H groups in total. The number of aliphatic hydroxyl groups is 1. The summed E-state index contributed by atoms with van der Waals surface area (Å²) in [5.74, 6) is 1.38. The predicted octanol–water partition coefficient (Wildman–Crippen LogP) is 3.23. The zero-order valence-corrected chi connectivity index (χ0v) is 18.1. The van der Waals surface area contributed by atoms with E-state index in [2.05, 4.69) is 25.2 Å². The lowest BCUT2D eigenvalue weighted by atomic mass is 10.1. The van der Waals surface area contributed by atoms with Gasteiger partial charge in [-0.2, -0.15) is 13.2 Å². The van der Waals surface area contributed by atoms with Gasteiger partial charge < -0.3 is 20.3 Å². The summed E-state index contributed by atoms with van der Waals surface area (Å²) in [7, 11) is 0. The Labute approximate surface area is 192 Å². The highest BCUT2D eigenvalue weighted by atomic mass is 19.4. The van der Waals surface area contributed by atoms with Crippen molar-refractivity contribution in [3.63, 3.8) is 0 Å². The fraction of sp³-hybridized carbons (Fsp3) is 0.391. The van der Waals surface area contributed by atoms with Gasteiger partial charge in [-0.25, -0.2) is 15.0 Å². The molecule has 5 heterocycles. The summed E-state index contributed by atoms with van der Waals surface area (Å²) >= 11 is 0. The number of aromatic nitrogens is 5. The maximum atomic E-state index is 13.3. The second kappa shape index (κ2) is 7.88. The molecular weight excluding hydrogens is 447 g/mol. The van der Waals surface area contributed by atoms with Gasteiger partial charge in [0.05, 0.1) is 24.4 Å². The second-order valence-corrected chi connectivity index (χ2v) is 8.80. The Morgan fingerprint density at radius 2 is 2.03 bits per heavy atom. The summed E-state index contributed by atoms with van der Waals surface area (Å²) in [4.78, 5) is 22.6. The van der Waals surface area contributed by atoms with E-state index in [1.165, 1.54) is 6.20 Å². The van der Waals surface area contributed by atoms with Crippen molar-refractivity contribution in [2.75, 3.05) is 31.1 Å². The van der Waals surface area contributed by atoms with Crippen LogP contribution in [0, 0.1) is 0 Å². The van der Waals surface area contributed by atoms with Gasteiger partial charge >= 0.3 is 6.18 Å². The van der Waals surface area contributed by atoms with Crippen molar-refractivity contribution in [1.82, 2.24) is 30.2 Å². The predicted molar refractivity (Wildman–Crippen MR) is 120 cm³/mol. The minimum atomic E-state index is -4.52. The molecule has 0 aromatic carbocycles. The van der Waals surface area contributed by atoms with Crippen molar-refractivity contribution < 1.29 is 18.3 Å². The molecule has 1 atom stereocenters. The molecule has 1 saturated carbocycles. The third-order valence-corrected chi connectivity index (χ3v) is 6.55. The van der Waals surface area contributed by atoms with Crippen molar-refractivity contribution in [1.29, 1.82) is 0 Å². The molecule has 0 unspecified atom stereocenters. The number of anilines is 1. The van der Waals surface area contributed by atoms with Crippen LogP contribution in [0.3, 0.4) is 0 Å². The fourth-order valence-corrected chi connectivity index (χ4v) is 4.70. The molecule has 4 aromatic heterocycles. The number of pyridine rings is 2. The van der Waals surface area contributed by atoms with E-state index in [0.29, 0.717) is 47.1 Å². The van der Waals surface area contributed by atoms with Crippen molar-refractivity contribution in [3.05, 3.63) is 42.0 Å². The van der Waals surface area contributed by atoms with Crippen LogP contribution in [-0.2, 0) is 6.18 Å². The number of nitrogens with one attached hydrogen (secondary N) is 2. The number of aromatic amines is 1. The van der Waals surface area contributed by atoms with E-state index in [9.17, 15) is 18.3 Å². The molecule has 0 bridgehead atoms. The van der Waals surface area contributed by atoms with Gasteiger partial charge in [0.1, 0.15) is 17.2 Å². The largest absolute Gasteiger partial charge is 0.431 e. The number of piperazine rings is 1. The average Bonchev–Trinajstić information content (AvgIpc) is 3.59. The summed E-state index contributed by atoms with van der Waals surface area (Å²) in [6, 6.07) is 2.49. The van der Waals surface area contributed by atoms with E-state index in [1.807, 2.05) is 6.20 Å². The van der Waals surface area contributed by atoms with E-state index in [4.69, 9.17) is 9.97 Å². The molecule has 4 aromatic rings. The first-order chi connectivity index (χ1) is 16.4. The highest BCUT2D eigenvalue weighted by molar-refractivity contribution is 5.97. The molecule has 1 saturated heterocycles. The lowest BCUT2D eigenvalue weighted by Gasteiger charge is -2.37. The van der Waals surface area contributed by atoms with Gasteiger partial charge in [0.15, 0.2) is 5.82 Å². The van der Waals surface area contributed by atoms with Crippen LogP contribution < -0.4 is 10.2 Å². The number of rotatable bonds is 4. The molecule has 1 aliphatic heterocycles. The van der Waals surface area contributed by atoms with Gasteiger partial charge in [-0.15, -0.1) is 0 Å². The first-order valence-electron chi connectivity index (χ1n) is 11.2. The normalized spacial score (nSPS) is 19.3. The maximum absolute atomic E-state index is 13.3. The minimum Gasteiger partial charge on any atom is -0.394 e. The molecule has 1 aliphatic carbocycles. The first kappa shape index (κ1) is 21.2. The lowest BCUT2D eigenvalue weighted by molar-refractivity contribution is -0.140. The molecule has 0 amide bonds. The Bertz CT molecular complexity index is 1380. The summed E-state index contributed by atoms with van der Waals surface area (Å²) in [5, 5.41) is 14.5. The monoisotopic (exact) mass is 469 g/mol. The van der Waals surface area contributed by atoms with E-state index < -0.39 is 11.9 Å². The molecule has 2 aliphatic rings. The van der Waals surface area contributed by atoms with Crippen LogP contribution in [0.15, 0.2) is 30.7 Å². The van der Waals surface area contributed by atoms with Crippen LogP contribution in [0.5, 0.6) is 0 Å². The SMILES string of the molecule is OC[C@H]1CNCCN1c1nc(-c2ccnc3[nH]c(C(F)(F)F)cc23)nc2cncc(C3CC3)c12. The van der Waals surface area contributed by atoms with Gasteiger partial charge in [0.2, 0.25) is 0 Å². The Hall–Kier alpha value is -3.31. The molecule has 8 nitrogen and oxygen atoms in total. The van der Waals surface area contributed by atoms with E-state index >= 15 is 0 Å². The second-order valence-electron chi connectivity index (χ2n) is 8.80. The molecule has 34 heavy (non-hydrogen) atoms. The van der Waals surface area contributed by atoms with Gasteiger partial charge in [-0.3, -0.25) is 4.98 Å². The zero-order chi connectivity index (χ0) is 23.4. The van der Waals surface area contributed by atoms with Crippen molar-refractivity contribution >= 4 is 27.8 Å². The Kier molecular flexibility index (Phi) is 4.92. The Balaban J connectivity index is 1.59. The van der Waals surface area contributed by atoms with Crippen LogP contribution in [-0.4, -0.2) is 62.3 Å². The summed E-state index contributed by atoms with van der Waals surface area (Å²) in [6.07, 6.45) is 2.59. The van der Waals surface area contributed by atoms with Gasteiger partial charge in [-0.1, -0.05) is 0 Å². The van der Waals surface area contributed by atoms with Gasteiger partial charge in [0.25, 0.3) is 0 Å². The standard InChI is InChI=1S/C23H22F3N7O/c24-23(25,26)18-7-15-14(3-4-29-20(15)31-18)21-30-17-10-28-9-16(12-1-2-12)19(17)22(32-21)33-6-5-27-8-13(33)11-34/h3-4,7,9-10,12-13,27,34H,1-2,5-6,8,11H2,(H,29,31)/t13-/m1/s1. The van der Waals surface area contributed by atoms with Crippen LogP contribution in [0.25, 0.3) is 33.3 Å². The molecule has 0 spiro atoms. The van der Waals surface area contributed by atoms with Crippen LogP contribution >= 0.6 is 0 Å². The van der Waals surface area contributed by atoms with E-state index in [-0.39, 0.29) is 18.3 Å². The lowest BCUT2D eigenvalue weighted by Crippen LogP contribution is -2.53. The highest BCUT2D eigenvalue weighted by Crippen LogP contribution is 2.45. The molecular formula is C23H22F3N7O. The van der Waals surface area contributed by atoms with Crippen molar-refractivity contribution in [2.45, 2.75) is 31.0 Å². The van der Waals surface area contributed by atoms with Crippen LogP contribution in [0.2, 0.25) is 0 Å². The quantitative estimate of drug-likeness (QED) is 0.422. The minimum absolute atomic E-state index is 0.0517. The number of alkyl halides is 3. The molecule has 11 heteroatoms. The fourth-order valence-electron chi connectivity index (χ4n) is 4.70.